The zero-order valence-electron chi connectivity index (χ0n) is 13.3. The van der Waals surface area contributed by atoms with E-state index in [-0.39, 0.29) is 24.0 Å². The molecule has 3 heterocycles. The molecule has 0 unspecified atom stereocenters. The van der Waals surface area contributed by atoms with E-state index in [1.165, 1.54) is 11.3 Å². The number of thiazole rings is 1. The lowest BCUT2D eigenvalue weighted by molar-refractivity contribution is 0.0924. The maximum Gasteiger partial charge on any atom is 0.271 e. The van der Waals surface area contributed by atoms with Crippen LogP contribution in [0.25, 0.3) is 10.6 Å². The topological polar surface area (TPSA) is 92.8 Å². The van der Waals surface area contributed by atoms with Crippen molar-refractivity contribution in [1.82, 2.24) is 15.2 Å². The molecular formula is C18H15N5OS. The highest BCUT2D eigenvalue weighted by Crippen LogP contribution is 2.37. The number of carbonyl (C=O) groups excluding carboxylic acids is 1. The molecule has 25 heavy (non-hydrogen) atoms. The highest BCUT2D eigenvalue weighted by molar-refractivity contribution is 7.13. The Morgan fingerprint density at radius 1 is 1.36 bits per heavy atom. The van der Waals surface area contributed by atoms with Gasteiger partial charge in [0.15, 0.2) is 6.19 Å². The molecule has 2 fully saturated rings. The van der Waals surface area contributed by atoms with Crippen molar-refractivity contribution in [3.8, 4) is 22.8 Å². The number of benzene rings is 1. The molecule has 124 valence electrons. The summed E-state index contributed by atoms with van der Waals surface area (Å²) in [5.41, 5.74) is 1.78. The number of hydrogen-bond acceptors (Lipinski definition) is 6. The third kappa shape index (κ3) is 2.73. The highest BCUT2D eigenvalue weighted by atomic mass is 32.1. The molecule has 2 aromatic rings. The molecule has 2 saturated heterocycles. The summed E-state index contributed by atoms with van der Waals surface area (Å²) in [7, 11) is 0. The van der Waals surface area contributed by atoms with Gasteiger partial charge in [-0.3, -0.25) is 4.79 Å². The highest BCUT2D eigenvalue weighted by Gasteiger charge is 2.46. The summed E-state index contributed by atoms with van der Waals surface area (Å²) >= 11 is 1.38. The van der Waals surface area contributed by atoms with Gasteiger partial charge in [-0.15, -0.1) is 11.3 Å². The van der Waals surface area contributed by atoms with Crippen LogP contribution >= 0.6 is 11.3 Å². The molecule has 0 saturated carbocycles. The van der Waals surface area contributed by atoms with Crippen molar-refractivity contribution in [2.24, 2.45) is 0 Å². The van der Waals surface area contributed by atoms with Gasteiger partial charge >= 0.3 is 0 Å². The molecule has 0 aliphatic carbocycles. The minimum Gasteiger partial charge on any atom is -0.346 e. The Balaban J connectivity index is 1.48. The fourth-order valence-corrected chi connectivity index (χ4v) is 4.57. The second kappa shape index (κ2) is 6.19. The smallest absolute Gasteiger partial charge is 0.271 e. The Labute approximate surface area is 149 Å². The summed E-state index contributed by atoms with van der Waals surface area (Å²) in [6, 6.07) is 9.68. The molecule has 0 radical (unpaired) electrons. The summed E-state index contributed by atoms with van der Waals surface area (Å²) in [5, 5.41) is 23.7. The number of nitrogens with one attached hydrogen (secondary N) is 1. The largest absolute Gasteiger partial charge is 0.346 e. The van der Waals surface area contributed by atoms with Crippen LogP contribution in [0.3, 0.4) is 0 Å². The molecule has 2 aliphatic heterocycles. The standard InChI is InChI=1S/C18H15N5OS/c19-8-11-2-1-3-12(6-11)18-22-15(9-25-18)17(24)21-14-7-13-4-5-16(14)23(13)10-20/h1-3,6,9,13-14,16H,4-5,7H2,(H,21,24)/t13-,14+,16+/m0/s1. The fraction of sp³-hybridized carbons (Fsp3) is 0.333. The van der Waals surface area contributed by atoms with Gasteiger partial charge < -0.3 is 10.2 Å². The quantitative estimate of drug-likeness (QED) is 0.860. The fourth-order valence-electron chi connectivity index (χ4n) is 3.77. The van der Waals surface area contributed by atoms with Crippen LogP contribution in [-0.2, 0) is 0 Å². The molecule has 1 aromatic heterocycles. The summed E-state index contributed by atoms with van der Waals surface area (Å²) < 4.78 is 0. The first-order chi connectivity index (χ1) is 12.2. The Bertz CT molecular complexity index is 909. The number of nitriles is 2. The third-order valence-electron chi connectivity index (χ3n) is 4.94. The zero-order valence-corrected chi connectivity index (χ0v) is 14.2. The van der Waals surface area contributed by atoms with Crippen molar-refractivity contribution >= 4 is 17.2 Å². The molecule has 6 nitrogen and oxygen atoms in total. The first-order valence-corrected chi connectivity index (χ1v) is 9.02. The van der Waals surface area contributed by atoms with Crippen LogP contribution in [0.2, 0.25) is 0 Å². The number of carbonyl (C=O) groups is 1. The summed E-state index contributed by atoms with van der Waals surface area (Å²) in [5.74, 6) is -0.200. The number of nitrogens with zero attached hydrogens (tertiary/aromatic N) is 4. The molecule has 1 N–H and O–H groups in total. The number of rotatable bonds is 3. The average molecular weight is 349 g/mol. The van der Waals surface area contributed by atoms with Crippen LogP contribution in [-0.4, -0.2) is 33.9 Å². The second-order valence-electron chi connectivity index (χ2n) is 6.35. The van der Waals surface area contributed by atoms with Crippen LogP contribution in [0.1, 0.15) is 35.3 Å². The Morgan fingerprint density at radius 2 is 2.24 bits per heavy atom. The van der Waals surface area contributed by atoms with Gasteiger partial charge in [0.2, 0.25) is 0 Å². The van der Waals surface area contributed by atoms with Crippen LogP contribution < -0.4 is 5.32 Å². The number of amides is 1. The molecule has 4 rings (SSSR count). The Morgan fingerprint density at radius 3 is 3.00 bits per heavy atom. The van der Waals surface area contributed by atoms with Gasteiger partial charge in [-0.1, -0.05) is 12.1 Å². The van der Waals surface area contributed by atoms with E-state index in [0.717, 1.165) is 24.8 Å². The predicted molar refractivity (Wildman–Crippen MR) is 92.4 cm³/mol. The minimum absolute atomic E-state index is 0.0120. The van der Waals surface area contributed by atoms with Crippen molar-refractivity contribution in [1.29, 1.82) is 10.5 Å². The summed E-state index contributed by atoms with van der Waals surface area (Å²) in [6.07, 6.45) is 5.05. The van der Waals surface area contributed by atoms with E-state index >= 15 is 0 Å². The van der Waals surface area contributed by atoms with Crippen molar-refractivity contribution < 1.29 is 4.79 Å². The predicted octanol–water partition coefficient (Wildman–Crippen LogP) is 2.50. The molecule has 2 aliphatic rings. The average Bonchev–Trinajstić information content (AvgIpc) is 3.35. The molecule has 1 aromatic carbocycles. The first-order valence-electron chi connectivity index (χ1n) is 8.14. The van der Waals surface area contributed by atoms with Gasteiger partial charge in [-0.2, -0.15) is 10.5 Å². The van der Waals surface area contributed by atoms with Crippen LogP contribution in [0.4, 0.5) is 0 Å². The lowest BCUT2D eigenvalue weighted by atomic mass is 9.95. The van der Waals surface area contributed by atoms with E-state index in [0.29, 0.717) is 16.3 Å². The molecular weight excluding hydrogens is 334 g/mol. The van der Waals surface area contributed by atoms with E-state index in [1.54, 1.807) is 23.6 Å². The minimum atomic E-state index is -0.200. The van der Waals surface area contributed by atoms with E-state index < -0.39 is 0 Å². The molecule has 7 heteroatoms. The Kier molecular flexibility index (Phi) is 3.87. The lowest BCUT2D eigenvalue weighted by Gasteiger charge is -2.21. The SMILES string of the molecule is N#Cc1cccc(-c2nc(C(=O)N[C@@H]3C[C@@H]4CC[C@H]3N4C#N)cs2)c1. The van der Waals surface area contributed by atoms with E-state index in [2.05, 4.69) is 22.6 Å². The molecule has 2 bridgehead atoms. The number of aromatic nitrogens is 1. The monoisotopic (exact) mass is 349 g/mol. The van der Waals surface area contributed by atoms with Crippen molar-refractivity contribution in [2.45, 2.75) is 37.4 Å². The van der Waals surface area contributed by atoms with Crippen LogP contribution in [0, 0.1) is 22.8 Å². The number of hydrogen-bond donors (Lipinski definition) is 1. The van der Waals surface area contributed by atoms with E-state index in [9.17, 15) is 10.1 Å². The summed E-state index contributed by atoms with van der Waals surface area (Å²) in [6.45, 7) is 0. The lowest BCUT2D eigenvalue weighted by Crippen LogP contribution is -2.43. The van der Waals surface area contributed by atoms with E-state index in [1.807, 2.05) is 11.0 Å². The van der Waals surface area contributed by atoms with Crippen molar-refractivity contribution in [2.75, 3.05) is 0 Å². The van der Waals surface area contributed by atoms with Crippen molar-refractivity contribution in [3.63, 3.8) is 0 Å². The molecule has 3 atom stereocenters. The number of fused-ring (bicyclic) bond motifs is 2. The van der Waals surface area contributed by atoms with Gasteiger partial charge in [0.1, 0.15) is 10.7 Å². The van der Waals surface area contributed by atoms with Crippen LogP contribution in [0.15, 0.2) is 29.6 Å². The van der Waals surface area contributed by atoms with Gasteiger partial charge in [-0.05, 0) is 31.4 Å². The van der Waals surface area contributed by atoms with E-state index in [4.69, 9.17) is 5.26 Å². The zero-order chi connectivity index (χ0) is 17.4. The molecule has 1 amide bonds. The Hall–Kier alpha value is -2.90. The maximum atomic E-state index is 12.5. The van der Waals surface area contributed by atoms with Gasteiger partial charge in [0.05, 0.1) is 23.7 Å². The normalized spacial score (nSPS) is 23.9. The maximum absolute atomic E-state index is 12.5. The van der Waals surface area contributed by atoms with Crippen LogP contribution in [0.5, 0.6) is 0 Å². The third-order valence-corrected chi connectivity index (χ3v) is 5.84. The van der Waals surface area contributed by atoms with Gasteiger partial charge in [-0.25, -0.2) is 4.98 Å². The summed E-state index contributed by atoms with van der Waals surface area (Å²) in [4.78, 5) is 18.8. The van der Waals surface area contributed by atoms with Gasteiger partial charge in [0, 0.05) is 17.0 Å². The molecule has 0 spiro atoms. The van der Waals surface area contributed by atoms with Gasteiger partial charge in [0.25, 0.3) is 5.91 Å². The second-order valence-corrected chi connectivity index (χ2v) is 7.21. The first kappa shape index (κ1) is 15.6. The van der Waals surface area contributed by atoms with Crippen molar-refractivity contribution in [3.05, 3.63) is 40.9 Å².